The molecule has 1 aromatic carbocycles. The summed E-state index contributed by atoms with van der Waals surface area (Å²) in [7, 11) is 0. The second-order valence-electron chi connectivity index (χ2n) is 6.32. The maximum Gasteiger partial charge on any atom is 0.416 e. The number of hydrogen-bond acceptors (Lipinski definition) is 5. The number of aromatic nitrogens is 1. The molecule has 1 heterocycles. The third-order valence-electron chi connectivity index (χ3n) is 3.90. The number of aryl methyl sites for hydroxylation is 2. The molecule has 1 aromatic heterocycles. The summed E-state index contributed by atoms with van der Waals surface area (Å²) >= 11 is 1.58. The Morgan fingerprint density at radius 2 is 2.03 bits per heavy atom. The molecule has 0 amide bonds. The first-order chi connectivity index (χ1) is 13.7. The van der Waals surface area contributed by atoms with Crippen molar-refractivity contribution in [1.82, 2.24) is 15.6 Å². The van der Waals surface area contributed by atoms with Gasteiger partial charge in [0.2, 0.25) is 0 Å². The fraction of sp³-hybridized carbons (Fsp3) is 0.474. The Hall–Kier alpha value is -1.60. The lowest BCUT2D eigenvalue weighted by Gasteiger charge is -2.16. The number of aliphatic hydroxyl groups is 1. The minimum Gasteiger partial charge on any atom is -0.491 e. The highest BCUT2D eigenvalue weighted by molar-refractivity contribution is 14.0. The van der Waals surface area contributed by atoms with Gasteiger partial charge in [0.25, 0.3) is 0 Å². The average Bonchev–Trinajstić information content (AvgIpc) is 2.99. The van der Waals surface area contributed by atoms with E-state index in [1.807, 2.05) is 20.8 Å². The molecule has 168 valence electrons. The molecule has 0 saturated heterocycles. The largest absolute Gasteiger partial charge is 0.491 e. The van der Waals surface area contributed by atoms with Crippen LogP contribution >= 0.6 is 35.3 Å². The molecule has 30 heavy (non-hydrogen) atoms. The van der Waals surface area contributed by atoms with Crippen LogP contribution in [0, 0.1) is 13.8 Å². The zero-order valence-electron chi connectivity index (χ0n) is 16.9. The van der Waals surface area contributed by atoms with Crippen LogP contribution in [-0.4, -0.2) is 41.9 Å². The van der Waals surface area contributed by atoms with E-state index >= 15 is 0 Å². The Bertz CT molecular complexity index is 811. The first-order valence-electron chi connectivity index (χ1n) is 9.12. The van der Waals surface area contributed by atoms with E-state index in [2.05, 4.69) is 20.6 Å². The van der Waals surface area contributed by atoms with Crippen molar-refractivity contribution in [2.45, 2.75) is 39.6 Å². The maximum atomic E-state index is 12.7. The number of hydrogen-bond donors (Lipinski definition) is 3. The normalized spacial score (nSPS) is 12.8. The van der Waals surface area contributed by atoms with Gasteiger partial charge in [-0.1, -0.05) is 6.07 Å². The van der Waals surface area contributed by atoms with Gasteiger partial charge in [-0.15, -0.1) is 35.3 Å². The van der Waals surface area contributed by atoms with Crippen LogP contribution < -0.4 is 15.4 Å². The zero-order valence-corrected chi connectivity index (χ0v) is 20.1. The lowest BCUT2D eigenvalue weighted by molar-refractivity contribution is -0.137. The zero-order chi connectivity index (χ0) is 21.4. The van der Waals surface area contributed by atoms with Gasteiger partial charge in [0, 0.05) is 18.0 Å². The number of thiazole rings is 1. The Labute approximate surface area is 195 Å². The van der Waals surface area contributed by atoms with E-state index in [0.717, 1.165) is 27.7 Å². The first kappa shape index (κ1) is 26.4. The average molecular weight is 558 g/mol. The summed E-state index contributed by atoms with van der Waals surface area (Å²) in [5.74, 6) is 0.560. The SMILES string of the molecule is CCNC(=NCc1nc(C)c(C)s1)NCC(O)COc1cccc(C(F)(F)F)c1.I. The molecule has 0 bridgehead atoms. The van der Waals surface area contributed by atoms with Crippen LogP contribution in [0.4, 0.5) is 13.2 Å². The summed E-state index contributed by atoms with van der Waals surface area (Å²) in [5, 5.41) is 17.0. The minimum absolute atomic E-state index is 0. The summed E-state index contributed by atoms with van der Waals surface area (Å²) in [6.07, 6.45) is -5.37. The van der Waals surface area contributed by atoms with E-state index in [0.29, 0.717) is 19.0 Å². The van der Waals surface area contributed by atoms with Gasteiger partial charge in [0.1, 0.15) is 23.5 Å². The van der Waals surface area contributed by atoms with E-state index in [9.17, 15) is 18.3 Å². The van der Waals surface area contributed by atoms with Crippen molar-refractivity contribution in [2.75, 3.05) is 19.7 Å². The molecule has 2 aromatic rings. The molecule has 0 spiro atoms. The molecule has 6 nitrogen and oxygen atoms in total. The van der Waals surface area contributed by atoms with E-state index in [4.69, 9.17) is 4.74 Å². The van der Waals surface area contributed by atoms with Crippen molar-refractivity contribution in [3.63, 3.8) is 0 Å². The van der Waals surface area contributed by atoms with Gasteiger partial charge in [0.15, 0.2) is 5.96 Å². The molecular weight excluding hydrogens is 532 g/mol. The lowest BCUT2D eigenvalue weighted by Crippen LogP contribution is -2.42. The van der Waals surface area contributed by atoms with Gasteiger partial charge >= 0.3 is 6.18 Å². The second kappa shape index (κ2) is 12.3. The van der Waals surface area contributed by atoms with Crippen LogP contribution in [0.1, 0.15) is 28.1 Å². The fourth-order valence-corrected chi connectivity index (χ4v) is 3.18. The first-order valence-corrected chi connectivity index (χ1v) is 9.94. The number of nitrogens with zero attached hydrogens (tertiary/aromatic N) is 2. The summed E-state index contributed by atoms with van der Waals surface area (Å²) in [5.41, 5.74) is 0.192. The van der Waals surface area contributed by atoms with Crippen molar-refractivity contribution >= 4 is 41.3 Å². The van der Waals surface area contributed by atoms with Crippen LogP contribution in [0.25, 0.3) is 0 Å². The monoisotopic (exact) mass is 558 g/mol. The number of halogens is 4. The molecule has 0 aliphatic carbocycles. The lowest BCUT2D eigenvalue weighted by atomic mass is 10.2. The van der Waals surface area contributed by atoms with Crippen molar-refractivity contribution in [1.29, 1.82) is 0 Å². The summed E-state index contributed by atoms with van der Waals surface area (Å²) in [4.78, 5) is 10.0. The van der Waals surface area contributed by atoms with Gasteiger partial charge < -0.3 is 20.5 Å². The highest BCUT2D eigenvalue weighted by Gasteiger charge is 2.30. The predicted octanol–water partition coefficient (Wildman–Crippen LogP) is 3.89. The van der Waals surface area contributed by atoms with E-state index < -0.39 is 17.8 Å². The van der Waals surface area contributed by atoms with Gasteiger partial charge in [-0.2, -0.15) is 13.2 Å². The number of guanidine groups is 1. The highest BCUT2D eigenvalue weighted by Crippen LogP contribution is 2.31. The number of ether oxygens (including phenoxy) is 1. The van der Waals surface area contributed by atoms with Crippen LogP contribution in [0.3, 0.4) is 0 Å². The van der Waals surface area contributed by atoms with Crippen LogP contribution in [0.2, 0.25) is 0 Å². The quantitative estimate of drug-likeness (QED) is 0.261. The number of aliphatic hydroxyl groups excluding tert-OH is 1. The molecule has 2 rings (SSSR count). The summed E-state index contributed by atoms with van der Waals surface area (Å²) in [6.45, 7) is 6.89. The van der Waals surface area contributed by atoms with Crippen molar-refractivity contribution in [3.8, 4) is 5.75 Å². The standard InChI is InChI=1S/C19H25F3N4O2S.HI/c1-4-23-18(25-10-17-26-12(2)13(3)29-17)24-9-15(27)11-28-16-7-5-6-14(8-16)19(20,21)22;/h5-8,15,27H,4,9-11H2,1-3H3,(H2,23,24,25);1H. The smallest absolute Gasteiger partial charge is 0.416 e. The predicted molar refractivity (Wildman–Crippen MR) is 123 cm³/mol. The number of aliphatic imine (C=N–C) groups is 1. The molecule has 0 fully saturated rings. The summed E-state index contributed by atoms with van der Waals surface area (Å²) in [6, 6.07) is 4.55. The molecule has 11 heteroatoms. The van der Waals surface area contributed by atoms with Crippen molar-refractivity contribution in [2.24, 2.45) is 4.99 Å². The Morgan fingerprint density at radius 3 is 2.63 bits per heavy atom. The Morgan fingerprint density at radius 1 is 1.30 bits per heavy atom. The third kappa shape index (κ3) is 8.64. The van der Waals surface area contributed by atoms with Gasteiger partial charge in [-0.05, 0) is 39.0 Å². The van der Waals surface area contributed by atoms with Crippen molar-refractivity contribution in [3.05, 3.63) is 45.4 Å². The van der Waals surface area contributed by atoms with Crippen molar-refractivity contribution < 1.29 is 23.0 Å². The number of benzene rings is 1. The molecular formula is C19H26F3IN4O2S. The highest BCUT2D eigenvalue weighted by atomic mass is 127. The van der Waals surface area contributed by atoms with Crippen LogP contribution in [0.15, 0.2) is 29.3 Å². The second-order valence-corrected chi connectivity index (χ2v) is 7.60. The van der Waals surface area contributed by atoms with E-state index in [1.54, 1.807) is 11.3 Å². The fourth-order valence-electron chi connectivity index (χ4n) is 2.32. The number of nitrogens with one attached hydrogen (secondary N) is 2. The van der Waals surface area contributed by atoms with E-state index in [1.165, 1.54) is 12.1 Å². The molecule has 1 atom stereocenters. The Balaban J connectivity index is 0.00000450. The topological polar surface area (TPSA) is 78.8 Å². The van der Waals surface area contributed by atoms with Gasteiger partial charge in [0.05, 0.1) is 17.8 Å². The van der Waals surface area contributed by atoms with Gasteiger partial charge in [-0.3, -0.25) is 0 Å². The minimum atomic E-state index is -4.44. The van der Waals surface area contributed by atoms with Gasteiger partial charge in [-0.25, -0.2) is 9.98 Å². The third-order valence-corrected chi connectivity index (χ3v) is 4.96. The number of alkyl halides is 3. The molecule has 0 radical (unpaired) electrons. The molecule has 1 unspecified atom stereocenters. The van der Waals surface area contributed by atoms with Crippen LogP contribution in [-0.2, 0) is 12.7 Å². The maximum absolute atomic E-state index is 12.7. The molecule has 0 aliphatic heterocycles. The number of rotatable bonds is 8. The van der Waals surface area contributed by atoms with E-state index in [-0.39, 0.29) is 42.9 Å². The summed E-state index contributed by atoms with van der Waals surface area (Å²) < 4.78 is 43.5. The Kier molecular flexibility index (Phi) is 10.8. The molecule has 3 N–H and O–H groups in total. The molecule has 0 aliphatic rings. The van der Waals surface area contributed by atoms with Crippen LogP contribution in [0.5, 0.6) is 5.75 Å². The molecule has 0 saturated carbocycles.